The quantitative estimate of drug-likeness (QED) is 0.770. The van der Waals surface area contributed by atoms with Crippen molar-refractivity contribution in [2.24, 2.45) is 0 Å². The molecular formula is C13H9Br2NO2. The van der Waals surface area contributed by atoms with Crippen molar-refractivity contribution in [3.05, 3.63) is 56.7 Å². The van der Waals surface area contributed by atoms with Crippen molar-refractivity contribution in [2.75, 3.05) is 7.11 Å². The van der Waals surface area contributed by atoms with Gasteiger partial charge in [-0.3, -0.25) is 9.78 Å². The van der Waals surface area contributed by atoms with Gasteiger partial charge in [0.25, 0.3) is 0 Å². The van der Waals surface area contributed by atoms with Crippen LogP contribution < -0.4 is 4.74 Å². The zero-order valence-electron chi connectivity index (χ0n) is 9.48. The highest BCUT2D eigenvalue weighted by Crippen LogP contribution is 2.22. The van der Waals surface area contributed by atoms with Gasteiger partial charge >= 0.3 is 0 Å². The van der Waals surface area contributed by atoms with E-state index in [0.29, 0.717) is 15.7 Å². The summed E-state index contributed by atoms with van der Waals surface area (Å²) in [4.78, 5) is 16.4. The van der Waals surface area contributed by atoms with Crippen molar-refractivity contribution in [2.45, 2.75) is 0 Å². The molecule has 0 N–H and O–H groups in total. The number of hydrogen-bond donors (Lipinski definition) is 0. The molecule has 2 aromatic rings. The Morgan fingerprint density at radius 2 is 1.89 bits per heavy atom. The molecule has 1 aromatic heterocycles. The number of rotatable bonds is 3. The Hall–Kier alpha value is -1.20. The summed E-state index contributed by atoms with van der Waals surface area (Å²) in [5, 5.41) is 0. The molecule has 0 radical (unpaired) electrons. The predicted octanol–water partition coefficient (Wildman–Crippen LogP) is 3.85. The molecule has 0 bridgehead atoms. The molecule has 5 heteroatoms. The number of carbonyl (C=O) groups excluding carboxylic acids is 1. The fraction of sp³-hybridized carbons (Fsp3) is 0.0769. The highest BCUT2D eigenvalue weighted by Gasteiger charge is 2.14. The number of pyridine rings is 1. The Morgan fingerprint density at radius 3 is 2.44 bits per heavy atom. The van der Waals surface area contributed by atoms with Crippen LogP contribution in [-0.2, 0) is 0 Å². The molecule has 18 heavy (non-hydrogen) atoms. The number of nitrogens with zero attached hydrogens (tertiary/aromatic N) is 1. The van der Waals surface area contributed by atoms with Crippen molar-refractivity contribution in [1.82, 2.24) is 4.98 Å². The minimum absolute atomic E-state index is 0.128. The van der Waals surface area contributed by atoms with Gasteiger partial charge in [-0.1, -0.05) is 0 Å². The predicted molar refractivity (Wildman–Crippen MR) is 76.1 cm³/mol. The maximum Gasteiger partial charge on any atom is 0.212 e. The summed E-state index contributed by atoms with van der Waals surface area (Å²) in [5.41, 5.74) is 0.967. The van der Waals surface area contributed by atoms with Gasteiger partial charge in [0.1, 0.15) is 11.4 Å². The van der Waals surface area contributed by atoms with Crippen LogP contribution in [0, 0.1) is 0 Å². The van der Waals surface area contributed by atoms with Crippen molar-refractivity contribution >= 4 is 37.6 Å². The zero-order chi connectivity index (χ0) is 13.1. The lowest BCUT2D eigenvalue weighted by Crippen LogP contribution is -2.05. The van der Waals surface area contributed by atoms with Crippen molar-refractivity contribution in [1.29, 1.82) is 0 Å². The fourth-order valence-electron chi connectivity index (χ4n) is 1.46. The highest BCUT2D eigenvalue weighted by molar-refractivity contribution is 9.11. The van der Waals surface area contributed by atoms with E-state index in [1.807, 2.05) is 0 Å². The van der Waals surface area contributed by atoms with E-state index in [0.717, 1.165) is 10.2 Å². The molecule has 1 heterocycles. The van der Waals surface area contributed by atoms with Crippen LogP contribution in [0.5, 0.6) is 5.75 Å². The van der Waals surface area contributed by atoms with Gasteiger partial charge in [0.05, 0.1) is 7.11 Å². The van der Waals surface area contributed by atoms with Gasteiger partial charge in [-0.2, -0.15) is 0 Å². The summed E-state index contributed by atoms with van der Waals surface area (Å²) in [5.74, 6) is 0.589. The Morgan fingerprint density at radius 1 is 1.22 bits per heavy atom. The van der Waals surface area contributed by atoms with E-state index in [4.69, 9.17) is 4.74 Å². The highest BCUT2D eigenvalue weighted by atomic mass is 79.9. The van der Waals surface area contributed by atoms with Crippen LogP contribution in [0.15, 0.2) is 45.5 Å². The fourth-order valence-corrected chi connectivity index (χ4v) is 2.63. The van der Waals surface area contributed by atoms with Gasteiger partial charge < -0.3 is 4.74 Å². The lowest BCUT2D eigenvalue weighted by molar-refractivity contribution is 0.103. The lowest BCUT2D eigenvalue weighted by Gasteiger charge is -2.04. The molecular weight excluding hydrogens is 362 g/mol. The second-order valence-electron chi connectivity index (χ2n) is 3.54. The first-order valence-corrected chi connectivity index (χ1v) is 6.70. The second kappa shape index (κ2) is 5.63. The zero-order valence-corrected chi connectivity index (χ0v) is 12.7. The number of hydrogen-bond acceptors (Lipinski definition) is 3. The van der Waals surface area contributed by atoms with Gasteiger partial charge in [-0.15, -0.1) is 0 Å². The summed E-state index contributed by atoms with van der Waals surface area (Å²) in [7, 11) is 1.59. The number of aromatic nitrogens is 1. The van der Waals surface area contributed by atoms with E-state index in [1.165, 1.54) is 0 Å². The minimum Gasteiger partial charge on any atom is -0.497 e. The van der Waals surface area contributed by atoms with Crippen LogP contribution >= 0.6 is 31.9 Å². The first-order chi connectivity index (χ1) is 8.61. The molecule has 0 aliphatic rings. The van der Waals surface area contributed by atoms with E-state index in [-0.39, 0.29) is 5.78 Å². The molecule has 0 aliphatic heterocycles. The van der Waals surface area contributed by atoms with E-state index in [2.05, 4.69) is 36.8 Å². The van der Waals surface area contributed by atoms with E-state index < -0.39 is 0 Å². The average molecular weight is 371 g/mol. The SMILES string of the molecule is COc1ccc(C(=O)c2ncc(Br)cc2Br)cc1. The van der Waals surface area contributed by atoms with E-state index in [9.17, 15) is 4.79 Å². The Labute approximate surface area is 121 Å². The summed E-state index contributed by atoms with van der Waals surface area (Å²) in [6, 6.07) is 8.73. The van der Waals surface area contributed by atoms with Crippen LogP contribution in [0.2, 0.25) is 0 Å². The standard InChI is InChI=1S/C13H9Br2NO2/c1-18-10-4-2-8(3-5-10)13(17)12-11(15)6-9(14)7-16-12/h2-7H,1H3. The molecule has 0 atom stereocenters. The maximum atomic E-state index is 12.2. The summed E-state index contributed by atoms with van der Waals surface area (Å²) in [6.07, 6.45) is 1.60. The molecule has 2 rings (SSSR count). The number of methoxy groups -OCH3 is 1. The Bertz CT molecular complexity index is 582. The first-order valence-electron chi connectivity index (χ1n) is 5.11. The number of halogens is 2. The molecule has 92 valence electrons. The molecule has 3 nitrogen and oxygen atoms in total. The van der Waals surface area contributed by atoms with Gasteiger partial charge in [0.2, 0.25) is 5.78 Å². The van der Waals surface area contributed by atoms with E-state index in [1.54, 1.807) is 43.6 Å². The van der Waals surface area contributed by atoms with Crippen LogP contribution in [-0.4, -0.2) is 17.9 Å². The number of benzene rings is 1. The van der Waals surface area contributed by atoms with Crippen LogP contribution in [0.3, 0.4) is 0 Å². The molecule has 0 saturated heterocycles. The van der Waals surface area contributed by atoms with Crippen LogP contribution in [0.1, 0.15) is 16.1 Å². The van der Waals surface area contributed by atoms with Crippen molar-refractivity contribution in [3.63, 3.8) is 0 Å². The normalized spacial score (nSPS) is 10.2. The summed E-state index contributed by atoms with van der Waals surface area (Å²) < 4.78 is 6.54. The molecule has 0 aliphatic carbocycles. The Kier molecular flexibility index (Phi) is 4.14. The van der Waals surface area contributed by atoms with Crippen molar-refractivity contribution < 1.29 is 9.53 Å². The third kappa shape index (κ3) is 2.79. The molecule has 0 spiro atoms. The largest absolute Gasteiger partial charge is 0.497 e. The summed E-state index contributed by atoms with van der Waals surface area (Å²) >= 11 is 6.64. The molecule has 0 saturated carbocycles. The summed E-state index contributed by atoms with van der Waals surface area (Å²) in [6.45, 7) is 0. The van der Waals surface area contributed by atoms with Gasteiger partial charge in [-0.05, 0) is 62.2 Å². The minimum atomic E-state index is -0.128. The topological polar surface area (TPSA) is 39.2 Å². The molecule has 1 aromatic carbocycles. The first kappa shape index (κ1) is 13.2. The average Bonchev–Trinajstić information content (AvgIpc) is 2.38. The molecule has 0 amide bonds. The smallest absolute Gasteiger partial charge is 0.212 e. The third-order valence-corrected chi connectivity index (χ3v) is 3.41. The van der Waals surface area contributed by atoms with Gasteiger partial charge in [0.15, 0.2) is 0 Å². The third-order valence-electron chi connectivity index (χ3n) is 2.38. The van der Waals surface area contributed by atoms with E-state index >= 15 is 0 Å². The maximum absolute atomic E-state index is 12.2. The van der Waals surface area contributed by atoms with Crippen LogP contribution in [0.25, 0.3) is 0 Å². The number of ether oxygens (including phenoxy) is 1. The molecule has 0 fully saturated rings. The van der Waals surface area contributed by atoms with Crippen LogP contribution in [0.4, 0.5) is 0 Å². The number of carbonyl (C=O) groups is 1. The van der Waals surface area contributed by atoms with Gasteiger partial charge in [0, 0.05) is 20.7 Å². The van der Waals surface area contributed by atoms with Crippen molar-refractivity contribution in [3.8, 4) is 5.75 Å². The monoisotopic (exact) mass is 369 g/mol. The lowest BCUT2D eigenvalue weighted by atomic mass is 10.1. The Balaban J connectivity index is 2.35. The van der Waals surface area contributed by atoms with Gasteiger partial charge in [-0.25, -0.2) is 0 Å². The number of ketones is 1. The second-order valence-corrected chi connectivity index (χ2v) is 5.31. The molecule has 0 unspecified atom stereocenters.